The maximum atomic E-state index is 12.7. The molecule has 8 heteroatoms. The maximum Gasteiger partial charge on any atom is 0.410 e. The second-order valence-electron chi connectivity index (χ2n) is 7.45. The Morgan fingerprint density at radius 3 is 2.14 bits per heavy atom. The zero-order valence-electron chi connectivity index (χ0n) is 16.9. The molecule has 0 saturated carbocycles. The van der Waals surface area contributed by atoms with Crippen molar-refractivity contribution in [1.82, 2.24) is 9.80 Å². The Balaban J connectivity index is 2.86. The molecule has 0 aliphatic carbocycles. The predicted molar refractivity (Wildman–Crippen MR) is 106 cm³/mol. The number of benzene rings is 1. The monoisotopic (exact) mass is 393 g/mol. The first kappa shape index (κ1) is 23.4. The second-order valence-corrected chi connectivity index (χ2v) is 7.45. The summed E-state index contributed by atoms with van der Waals surface area (Å²) in [6.07, 6.45) is 0.953. The fourth-order valence-corrected chi connectivity index (χ4v) is 2.49. The van der Waals surface area contributed by atoms with Crippen LogP contribution in [0.4, 0.5) is 4.79 Å². The van der Waals surface area contributed by atoms with E-state index in [1.807, 2.05) is 0 Å². The van der Waals surface area contributed by atoms with Crippen LogP contribution in [0.2, 0.25) is 0 Å². The summed E-state index contributed by atoms with van der Waals surface area (Å²) in [5.41, 5.74) is 5.27. The highest BCUT2D eigenvalue weighted by Gasteiger charge is 2.24. The van der Waals surface area contributed by atoms with E-state index < -0.39 is 30.1 Å². The summed E-state index contributed by atoms with van der Waals surface area (Å²) in [5, 5.41) is 9.17. The molecule has 8 nitrogen and oxygen atoms in total. The first-order valence-electron chi connectivity index (χ1n) is 9.38. The molecule has 0 aliphatic heterocycles. The normalized spacial score (nSPS) is 11.0. The lowest BCUT2D eigenvalue weighted by Crippen LogP contribution is -2.45. The van der Waals surface area contributed by atoms with Crippen molar-refractivity contribution >= 4 is 18.0 Å². The third-order valence-electron chi connectivity index (χ3n) is 3.81. The van der Waals surface area contributed by atoms with Crippen LogP contribution in [0.5, 0.6) is 0 Å². The van der Waals surface area contributed by atoms with Gasteiger partial charge in [0.05, 0.1) is 0 Å². The van der Waals surface area contributed by atoms with Crippen LogP contribution in [0.25, 0.3) is 0 Å². The smallest absolute Gasteiger partial charge is 0.410 e. The van der Waals surface area contributed by atoms with Crippen molar-refractivity contribution < 1.29 is 24.2 Å². The van der Waals surface area contributed by atoms with Crippen LogP contribution in [0, 0.1) is 0 Å². The van der Waals surface area contributed by atoms with Crippen molar-refractivity contribution in [1.29, 1.82) is 0 Å². The van der Waals surface area contributed by atoms with Crippen molar-refractivity contribution in [2.75, 3.05) is 32.7 Å². The number of rotatable bonds is 10. The number of aliphatic carboxylic acids is 1. The molecule has 0 saturated heterocycles. The molecule has 0 atom stereocenters. The van der Waals surface area contributed by atoms with E-state index in [0.717, 1.165) is 6.42 Å². The highest BCUT2D eigenvalue weighted by molar-refractivity contribution is 5.95. The molecule has 1 aromatic carbocycles. The highest BCUT2D eigenvalue weighted by Crippen LogP contribution is 2.11. The molecule has 0 aromatic heterocycles. The molecule has 0 spiro atoms. The predicted octanol–water partition coefficient (Wildman–Crippen LogP) is 2.19. The van der Waals surface area contributed by atoms with E-state index in [0.29, 0.717) is 25.1 Å². The van der Waals surface area contributed by atoms with Crippen molar-refractivity contribution in [2.45, 2.75) is 39.2 Å². The molecule has 0 unspecified atom stereocenters. The fraction of sp³-hybridized carbons (Fsp3) is 0.550. The van der Waals surface area contributed by atoms with E-state index in [4.69, 9.17) is 15.6 Å². The summed E-state index contributed by atoms with van der Waals surface area (Å²) in [7, 11) is 0. The number of hydrogen-bond acceptors (Lipinski definition) is 5. The molecule has 1 aromatic rings. The molecule has 2 amide bonds. The van der Waals surface area contributed by atoms with E-state index in [1.165, 1.54) is 9.80 Å². The number of hydrogen-bond donors (Lipinski definition) is 2. The molecule has 0 heterocycles. The fourth-order valence-electron chi connectivity index (χ4n) is 2.49. The van der Waals surface area contributed by atoms with Crippen molar-refractivity contribution in [3.8, 4) is 0 Å². The Labute approximate surface area is 166 Å². The van der Waals surface area contributed by atoms with Crippen LogP contribution in [0.15, 0.2) is 30.3 Å². The Hall–Kier alpha value is -2.61. The number of carbonyl (C=O) groups excluding carboxylic acids is 2. The van der Waals surface area contributed by atoms with Gasteiger partial charge in [-0.1, -0.05) is 18.2 Å². The largest absolute Gasteiger partial charge is 0.480 e. The van der Waals surface area contributed by atoms with Gasteiger partial charge >= 0.3 is 12.1 Å². The van der Waals surface area contributed by atoms with Crippen molar-refractivity contribution in [3.05, 3.63) is 35.9 Å². The lowest BCUT2D eigenvalue weighted by atomic mass is 10.2. The highest BCUT2D eigenvalue weighted by atomic mass is 16.6. The summed E-state index contributed by atoms with van der Waals surface area (Å²) in [6, 6.07) is 8.46. The number of nitrogens with two attached hydrogens (primary N) is 1. The number of carbonyl (C=O) groups is 3. The lowest BCUT2D eigenvalue weighted by Gasteiger charge is -2.29. The lowest BCUT2D eigenvalue weighted by molar-refractivity contribution is -0.137. The van der Waals surface area contributed by atoms with Gasteiger partial charge in [0.1, 0.15) is 12.1 Å². The molecule has 0 bridgehead atoms. The zero-order chi connectivity index (χ0) is 21.2. The Kier molecular flexibility index (Phi) is 9.44. The Bertz CT molecular complexity index is 643. The minimum Gasteiger partial charge on any atom is -0.480 e. The summed E-state index contributed by atoms with van der Waals surface area (Å²) in [6.45, 7) is 6.08. The topological polar surface area (TPSA) is 113 Å². The SMILES string of the molecule is CC(C)(C)OC(=O)N(CCCCN)CCN(CC(=O)O)C(=O)c1ccccc1. The van der Waals surface area contributed by atoms with Gasteiger partial charge in [-0.25, -0.2) is 4.79 Å². The average molecular weight is 393 g/mol. The van der Waals surface area contributed by atoms with Gasteiger partial charge in [0.25, 0.3) is 5.91 Å². The second kappa shape index (κ2) is 11.3. The van der Waals surface area contributed by atoms with Gasteiger partial charge < -0.3 is 25.4 Å². The van der Waals surface area contributed by atoms with Gasteiger partial charge in [0.15, 0.2) is 0 Å². The summed E-state index contributed by atoms with van der Waals surface area (Å²) >= 11 is 0. The summed E-state index contributed by atoms with van der Waals surface area (Å²) < 4.78 is 5.43. The third-order valence-corrected chi connectivity index (χ3v) is 3.81. The molecule has 0 fully saturated rings. The van der Waals surface area contributed by atoms with E-state index in [1.54, 1.807) is 51.1 Å². The van der Waals surface area contributed by atoms with Gasteiger partial charge in [-0.15, -0.1) is 0 Å². The minimum absolute atomic E-state index is 0.0852. The average Bonchev–Trinajstić information content (AvgIpc) is 2.61. The van der Waals surface area contributed by atoms with Crippen LogP contribution in [-0.2, 0) is 9.53 Å². The van der Waals surface area contributed by atoms with Gasteiger partial charge in [-0.05, 0) is 52.3 Å². The van der Waals surface area contributed by atoms with Gasteiger partial charge in [0.2, 0.25) is 0 Å². The van der Waals surface area contributed by atoms with Crippen LogP contribution < -0.4 is 5.73 Å². The van der Waals surface area contributed by atoms with Gasteiger partial charge in [0, 0.05) is 25.2 Å². The van der Waals surface area contributed by atoms with Crippen molar-refractivity contribution in [2.24, 2.45) is 5.73 Å². The van der Waals surface area contributed by atoms with Gasteiger partial charge in [-0.2, -0.15) is 0 Å². The quantitative estimate of drug-likeness (QED) is 0.589. The Morgan fingerprint density at radius 2 is 1.61 bits per heavy atom. The molecular formula is C20H31N3O5. The van der Waals surface area contributed by atoms with Crippen molar-refractivity contribution in [3.63, 3.8) is 0 Å². The molecule has 0 aliphatic rings. The maximum absolute atomic E-state index is 12.7. The molecule has 0 radical (unpaired) electrons. The molecular weight excluding hydrogens is 362 g/mol. The van der Waals surface area contributed by atoms with Gasteiger partial charge in [-0.3, -0.25) is 9.59 Å². The zero-order valence-corrected chi connectivity index (χ0v) is 16.9. The molecule has 156 valence electrons. The first-order valence-corrected chi connectivity index (χ1v) is 9.38. The number of amides is 2. The van der Waals surface area contributed by atoms with Crippen LogP contribution >= 0.6 is 0 Å². The Morgan fingerprint density at radius 1 is 1.00 bits per heavy atom. The number of ether oxygens (including phenoxy) is 1. The number of carboxylic acids is 1. The standard InChI is InChI=1S/C20H31N3O5/c1-20(2,3)28-19(27)22(12-8-7-11-21)13-14-23(15-17(24)25)18(26)16-9-5-4-6-10-16/h4-6,9-10H,7-8,11-15,21H2,1-3H3,(H,24,25). The van der Waals surface area contributed by atoms with E-state index in [-0.39, 0.29) is 13.1 Å². The molecule has 3 N–H and O–H groups in total. The number of carboxylic acid groups (broad SMARTS) is 1. The van der Waals surface area contributed by atoms with E-state index in [9.17, 15) is 14.4 Å². The summed E-state index contributed by atoms with van der Waals surface area (Å²) in [4.78, 5) is 39.1. The van der Waals surface area contributed by atoms with E-state index in [2.05, 4.69) is 0 Å². The molecule has 28 heavy (non-hydrogen) atoms. The van der Waals surface area contributed by atoms with Crippen LogP contribution in [0.3, 0.4) is 0 Å². The minimum atomic E-state index is -1.11. The number of unbranched alkanes of at least 4 members (excludes halogenated alkanes) is 1. The third kappa shape index (κ3) is 8.85. The number of nitrogens with zero attached hydrogens (tertiary/aromatic N) is 2. The van der Waals surface area contributed by atoms with E-state index >= 15 is 0 Å². The summed E-state index contributed by atoms with van der Waals surface area (Å²) in [5.74, 6) is -1.51. The molecule has 1 rings (SSSR count). The first-order chi connectivity index (χ1) is 13.1. The van der Waals surface area contributed by atoms with Crippen LogP contribution in [0.1, 0.15) is 44.0 Å². The van der Waals surface area contributed by atoms with Crippen LogP contribution in [-0.4, -0.2) is 71.2 Å².